The summed E-state index contributed by atoms with van der Waals surface area (Å²) in [7, 11) is 4.05. The molecule has 2 heterocycles. The first-order valence-corrected chi connectivity index (χ1v) is 10.5. The minimum absolute atomic E-state index is 0.205. The fourth-order valence-corrected chi connectivity index (χ4v) is 4.34. The van der Waals surface area contributed by atoms with E-state index in [9.17, 15) is 4.79 Å². The molecule has 0 radical (unpaired) electrons. The van der Waals surface area contributed by atoms with Gasteiger partial charge < -0.3 is 10.2 Å². The van der Waals surface area contributed by atoms with Crippen LogP contribution in [0.1, 0.15) is 44.2 Å². The molecule has 1 aromatic carbocycles. The molecule has 1 unspecified atom stereocenters. The highest BCUT2D eigenvalue weighted by Gasteiger charge is 2.36. The van der Waals surface area contributed by atoms with Crippen molar-refractivity contribution in [3.63, 3.8) is 0 Å². The van der Waals surface area contributed by atoms with Crippen molar-refractivity contribution in [2.75, 3.05) is 30.1 Å². The van der Waals surface area contributed by atoms with Crippen LogP contribution in [-0.4, -0.2) is 40.4 Å². The molecule has 142 valence electrons. The van der Waals surface area contributed by atoms with Gasteiger partial charge in [-0.15, -0.1) is 5.10 Å². The van der Waals surface area contributed by atoms with Gasteiger partial charge in [0.15, 0.2) is 5.78 Å². The Morgan fingerprint density at radius 2 is 2.04 bits per heavy atom. The van der Waals surface area contributed by atoms with Gasteiger partial charge in [-0.3, -0.25) is 4.79 Å². The number of ketones is 1. The van der Waals surface area contributed by atoms with E-state index in [0.29, 0.717) is 6.42 Å². The Morgan fingerprint density at radius 1 is 1.26 bits per heavy atom. The number of carbonyl (C=O) groups excluding carboxylic acids is 1. The van der Waals surface area contributed by atoms with Crippen LogP contribution in [0.3, 0.4) is 0 Å². The van der Waals surface area contributed by atoms with Crippen molar-refractivity contribution in [3.05, 3.63) is 41.1 Å². The lowest BCUT2D eigenvalue weighted by atomic mass is 9.85. The number of hydrogen-bond acceptors (Lipinski definition) is 6. The Labute approximate surface area is 164 Å². The fraction of sp³-hybridized carbons (Fsp3) is 0.450. The van der Waals surface area contributed by atoms with Crippen LogP contribution < -0.4 is 10.2 Å². The number of nitrogens with zero attached hydrogens (tertiary/aromatic N) is 4. The van der Waals surface area contributed by atoms with Gasteiger partial charge in [0.2, 0.25) is 11.1 Å². The summed E-state index contributed by atoms with van der Waals surface area (Å²) >= 11 is 1.66. The number of nitrogens with one attached hydrogen (secondary N) is 1. The van der Waals surface area contributed by atoms with Crippen molar-refractivity contribution in [2.45, 2.75) is 43.8 Å². The van der Waals surface area contributed by atoms with E-state index in [-0.39, 0.29) is 11.8 Å². The Balaban J connectivity index is 1.79. The molecule has 2 aliphatic rings. The number of thioether (sulfide) groups is 1. The summed E-state index contributed by atoms with van der Waals surface area (Å²) in [6.07, 6.45) is 3.46. The van der Waals surface area contributed by atoms with Crippen LogP contribution in [0.2, 0.25) is 0 Å². The minimum atomic E-state index is -0.205. The van der Waals surface area contributed by atoms with Crippen LogP contribution in [0.25, 0.3) is 0 Å². The lowest BCUT2D eigenvalue weighted by Gasteiger charge is -2.32. The molecule has 1 N–H and O–H groups in total. The van der Waals surface area contributed by atoms with Gasteiger partial charge in [0.25, 0.3) is 0 Å². The smallest absolute Gasteiger partial charge is 0.227 e. The molecular weight excluding hydrogens is 358 g/mol. The average Bonchev–Trinajstić information content (AvgIpc) is 3.07. The first-order chi connectivity index (χ1) is 13.1. The highest BCUT2D eigenvalue weighted by molar-refractivity contribution is 7.99. The van der Waals surface area contributed by atoms with E-state index >= 15 is 0 Å². The van der Waals surface area contributed by atoms with Gasteiger partial charge in [-0.1, -0.05) is 30.8 Å². The van der Waals surface area contributed by atoms with Crippen LogP contribution in [0.4, 0.5) is 11.6 Å². The Kier molecular flexibility index (Phi) is 4.95. The zero-order valence-corrected chi connectivity index (χ0v) is 16.8. The maximum Gasteiger partial charge on any atom is 0.227 e. The number of rotatable bonds is 5. The second-order valence-corrected chi connectivity index (χ2v) is 8.26. The molecule has 1 aliphatic heterocycles. The molecule has 1 atom stereocenters. The molecule has 0 fully saturated rings. The van der Waals surface area contributed by atoms with Gasteiger partial charge in [-0.05, 0) is 37.0 Å². The Hall–Kier alpha value is -2.28. The van der Waals surface area contributed by atoms with Crippen LogP contribution in [-0.2, 0) is 4.79 Å². The van der Waals surface area contributed by atoms with E-state index in [4.69, 9.17) is 5.10 Å². The number of fused-ring (bicyclic) bond motifs is 1. The predicted octanol–water partition coefficient (Wildman–Crippen LogP) is 3.87. The van der Waals surface area contributed by atoms with Crippen LogP contribution in [0.5, 0.6) is 0 Å². The van der Waals surface area contributed by atoms with Gasteiger partial charge in [0.1, 0.15) is 6.04 Å². The second kappa shape index (κ2) is 7.38. The zero-order valence-electron chi connectivity index (χ0n) is 16.0. The highest BCUT2D eigenvalue weighted by Crippen LogP contribution is 2.40. The standard InChI is InChI=1S/C20H25N5OS/c1-4-12-27-20-22-19-21-15-6-5-7-16(26)17(15)18(25(19)23-20)13-8-10-14(11-9-13)24(2)3/h8-11,18H,4-7,12H2,1-3H3,(H,21,22,23). The number of hydrogen-bond donors (Lipinski definition) is 1. The largest absolute Gasteiger partial charge is 0.378 e. The first kappa shape index (κ1) is 18.1. The normalized spacial score (nSPS) is 18.8. The number of Topliss-reactive ketones (excluding diaryl/α,β-unsaturated/α-hetero) is 1. The lowest BCUT2D eigenvalue weighted by molar-refractivity contribution is -0.116. The maximum atomic E-state index is 12.8. The van der Waals surface area contributed by atoms with Gasteiger partial charge in [0.05, 0.1) is 0 Å². The molecule has 4 rings (SSSR count). The predicted molar refractivity (Wildman–Crippen MR) is 109 cm³/mol. The maximum absolute atomic E-state index is 12.8. The summed E-state index contributed by atoms with van der Waals surface area (Å²) in [4.78, 5) is 19.6. The number of allylic oxidation sites excluding steroid dienone is 2. The number of anilines is 2. The van der Waals surface area contributed by atoms with Crippen molar-refractivity contribution >= 4 is 29.2 Å². The lowest BCUT2D eigenvalue weighted by Crippen LogP contribution is -2.31. The SMILES string of the molecule is CCCSc1nc2n(n1)C(c1ccc(N(C)C)cc1)C1=C(CCCC1=O)N2. The average molecular weight is 384 g/mol. The summed E-state index contributed by atoms with van der Waals surface area (Å²) in [5, 5.41) is 8.89. The summed E-state index contributed by atoms with van der Waals surface area (Å²) in [5.74, 6) is 1.94. The quantitative estimate of drug-likeness (QED) is 0.791. The molecule has 0 saturated carbocycles. The zero-order chi connectivity index (χ0) is 19.0. The van der Waals surface area contributed by atoms with E-state index in [1.165, 1.54) is 0 Å². The molecule has 27 heavy (non-hydrogen) atoms. The monoisotopic (exact) mass is 383 g/mol. The highest BCUT2D eigenvalue weighted by atomic mass is 32.2. The summed E-state index contributed by atoms with van der Waals surface area (Å²) in [5.41, 5.74) is 4.07. The summed E-state index contributed by atoms with van der Waals surface area (Å²) < 4.78 is 1.89. The molecule has 0 spiro atoms. The first-order valence-electron chi connectivity index (χ1n) is 9.48. The van der Waals surface area contributed by atoms with Gasteiger partial charge >= 0.3 is 0 Å². The van der Waals surface area contributed by atoms with Gasteiger partial charge in [-0.2, -0.15) is 4.98 Å². The molecule has 0 amide bonds. The summed E-state index contributed by atoms with van der Waals surface area (Å²) in [6.45, 7) is 2.15. The molecule has 0 saturated heterocycles. The van der Waals surface area contributed by atoms with E-state index in [1.54, 1.807) is 11.8 Å². The Morgan fingerprint density at radius 3 is 2.74 bits per heavy atom. The molecular formula is C20H25N5OS. The Bertz CT molecular complexity index is 884. The third kappa shape index (κ3) is 3.36. The van der Waals surface area contributed by atoms with Crippen molar-refractivity contribution in [2.24, 2.45) is 0 Å². The fourth-order valence-electron chi connectivity index (χ4n) is 3.65. The van der Waals surface area contributed by atoms with Crippen molar-refractivity contribution in [1.82, 2.24) is 14.8 Å². The van der Waals surface area contributed by atoms with E-state index < -0.39 is 0 Å². The third-order valence-corrected chi connectivity index (χ3v) is 6.05. The van der Waals surface area contributed by atoms with Crippen LogP contribution >= 0.6 is 11.8 Å². The molecule has 7 heteroatoms. The van der Waals surface area contributed by atoms with Crippen molar-refractivity contribution in [1.29, 1.82) is 0 Å². The number of aromatic nitrogens is 3. The van der Waals surface area contributed by atoms with Crippen LogP contribution in [0.15, 0.2) is 40.7 Å². The molecule has 6 nitrogen and oxygen atoms in total. The minimum Gasteiger partial charge on any atom is -0.378 e. The molecule has 1 aliphatic carbocycles. The molecule has 2 aromatic rings. The van der Waals surface area contributed by atoms with E-state index in [1.807, 2.05) is 18.8 Å². The van der Waals surface area contributed by atoms with E-state index in [0.717, 1.165) is 58.6 Å². The van der Waals surface area contributed by atoms with Crippen molar-refractivity contribution < 1.29 is 4.79 Å². The van der Waals surface area contributed by atoms with Gasteiger partial charge in [-0.25, -0.2) is 4.68 Å². The van der Waals surface area contributed by atoms with Crippen LogP contribution in [0, 0.1) is 0 Å². The van der Waals surface area contributed by atoms with Crippen molar-refractivity contribution in [3.8, 4) is 0 Å². The number of carbonyl (C=O) groups is 1. The number of benzene rings is 1. The topological polar surface area (TPSA) is 63.1 Å². The van der Waals surface area contributed by atoms with Gasteiger partial charge in [0, 0.05) is 43.2 Å². The molecule has 1 aromatic heterocycles. The molecule has 0 bridgehead atoms. The second-order valence-electron chi connectivity index (χ2n) is 7.19. The third-order valence-electron chi connectivity index (χ3n) is 5.01. The van der Waals surface area contributed by atoms with E-state index in [2.05, 4.69) is 46.4 Å². The summed E-state index contributed by atoms with van der Waals surface area (Å²) in [6, 6.07) is 8.18.